The summed E-state index contributed by atoms with van der Waals surface area (Å²) in [4.78, 5) is 4.02. The molecule has 2 aromatic rings. The Balaban J connectivity index is 2.29. The van der Waals surface area contributed by atoms with Gasteiger partial charge in [-0.15, -0.1) is 0 Å². The van der Waals surface area contributed by atoms with E-state index in [0.717, 1.165) is 5.56 Å². The second-order valence-corrected chi connectivity index (χ2v) is 3.94. The van der Waals surface area contributed by atoms with Crippen LogP contribution in [0.25, 0.3) is 0 Å². The fourth-order valence-electron chi connectivity index (χ4n) is 1.56. The minimum absolute atomic E-state index is 0.0487. The van der Waals surface area contributed by atoms with Crippen molar-refractivity contribution in [2.75, 3.05) is 7.11 Å². The highest BCUT2D eigenvalue weighted by molar-refractivity contribution is 5.91. The molecule has 0 amide bonds. The van der Waals surface area contributed by atoms with Crippen molar-refractivity contribution in [1.82, 2.24) is 4.98 Å². The van der Waals surface area contributed by atoms with Crippen molar-refractivity contribution in [2.45, 2.75) is 0 Å². The second-order valence-electron chi connectivity index (χ2n) is 3.94. The van der Waals surface area contributed by atoms with Gasteiger partial charge in [0.2, 0.25) is 5.90 Å². The molecule has 0 fully saturated rings. The molecule has 20 heavy (non-hydrogen) atoms. The van der Waals surface area contributed by atoms with Gasteiger partial charge in [-0.05, 0) is 24.3 Å². The number of hydrogen-bond donors (Lipinski definition) is 1. The Morgan fingerprint density at radius 3 is 2.65 bits per heavy atom. The van der Waals surface area contributed by atoms with Crippen molar-refractivity contribution >= 4 is 5.90 Å². The summed E-state index contributed by atoms with van der Waals surface area (Å²) in [5, 5.41) is 16.4. The number of nitriles is 1. The van der Waals surface area contributed by atoms with E-state index >= 15 is 0 Å². The number of methoxy groups -OCH3 is 1. The summed E-state index contributed by atoms with van der Waals surface area (Å²) in [6, 6.07) is 10.9. The van der Waals surface area contributed by atoms with Gasteiger partial charge in [0.25, 0.3) is 0 Å². The molecule has 0 bridgehead atoms. The summed E-state index contributed by atoms with van der Waals surface area (Å²) in [5.41, 5.74) is 2.60. The molecule has 0 aliphatic heterocycles. The van der Waals surface area contributed by atoms with E-state index in [1.165, 1.54) is 7.11 Å². The van der Waals surface area contributed by atoms with E-state index in [9.17, 15) is 0 Å². The normalized spacial score (nSPS) is 9.00. The average Bonchev–Trinajstić information content (AvgIpc) is 2.52. The molecule has 1 N–H and O–H groups in total. The summed E-state index contributed by atoms with van der Waals surface area (Å²) < 4.78 is 4.84. The average molecular weight is 261 g/mol. The molecule has 0 atom stereocenters. The summed E-state index contributed by atoms with van der Waals surface area (Å²) in [6.45, 7) is 0. The predicted molar refractivity (Wildman–Crippen MR) is 75.2 cm³/mol. The van der Waals surface area contributed by atoms with E-state index in [1.54, 1.807) is 36.7 Å². The quantitative estimate of drug-likeness (QED) is 0.486. The van der Waals surface area contributed by atoms with Crippen molar-refractivity contribution in [3.8, 4) is 17.9 Å². The largest absolute Gasteiger partial charge is 0.481 e. The molecule has 0 aliphatic carbocycles. The van der Waals surface area contributed by atoms with Crippen LogP contribution in [0.5, 0.6) is 0 Å². The molecule has 0 aliphatic rings. The van der Waals surface area contributed by atoms with Crippen LogP contribution in [-0.4, -0.2) is 18.0 Å². The van der Waals surface area contributed by atoms with Gasteiger partial charge in [0.05, 0.1) is 24.3 Å². The molecule has 4 nitrogen and oxygen atoms in total. The summed E-state index contributed by atoms with van der Waals surface area (Å²) in [5.74, 6) is 5.97. The maximum absolute atomic E-state index is 8.83. The van der Waals surface area contributed by atoms with Gasteiger partial charge in [0, 0.05) is 23.5 Å². The Morgan fingerprint density at radius 2 is 1.90 bits per heavy atom. The Labute approximate surface area is 117 Å². The lowest BCUT2D eigenvalue weighted by Crippen LogP contribution is -2.02. The van der Waals surface area contributed by atoms with E-state index in [-0.39, 0.29) is 5.90 Å². The molecule has 2 rings (SSSR count). The Bertz CT molecular complexity index is 748. The minimum Gasteiger partial charge on any atom is -0.481 e. The van der Waals surface area contributed by atoms with E-state index < -0.39 is 0 Å². The lowest BCUT2D eigenvalue weighted by Gasteiger charge is -2.01. The Morgan fingerprint density at radius 1 is 1.15 bits per heavy atom. The summed E-state index contributed by atoms with van der Waals surface area (Å²) in [6.07, 6.45) is 3.17. The predicted octanol–water partition coefficient (Wildman–Crippen LogP) is 2.32. The van der Waals surface area contributed by atoms with Gasteiger partial charge in [-0.25, -0.2) is 0 Å². The minimum atomic E-state index is 0.0487. The molecule has 1 heterocycles. The van der Waals surface area contributed by atoms with Gasteiger partial charge < -0.3 is 4.74 Å². The Kier molecular flexibility index (Phi) is 4.11. The second kappa shape index (κ2) is 6.17. The summed E-state index contributed by atoms with van der Waals surface area (Å²) in [7, 11) is 1.44. The highest BCUT2D eigenvalue weighted by atomic mass is 16.5. The number of benzene rings is 1. The van der Waals surface area contributed by atoms with Crippen LogP contribution in [0.15, 0.2) is 42.7 Å². The van der Waals surface area contributed by atoms with E-state index in [2.05, 4.69) is 22.9 Å². The van der Waals surface area contributed by atoms with E-state index in [0.29, 0.717) is 16.7 Å². The molecule has 0 spiro atoms. The van der Waals surface area contributed by atoms with E-state index in [4.69, 9.17) is 15.4 Å². The first-order chi connectivity index (χ1) is 9.72. The standard InChI is InChI=1S/C16H11N3O/c1-20-16(18)15-8-14(10-19-11-15)6-5-12-3-2-4-13(7-12)9-17/h2-4,7-8,10-11,18H,1H3. The van der Waals surface area contributed by atoms with Gasteiger partial charge in [-0.3, -0.25) is 10.4 Å². The number of ether oxygens (including phenoxy) is 1. The van der Waals surface area contributed by atoms with Crippen molar-refractivity contribution in [3.63, 3.8) is 0 Å². The molecule has 1 aromatic carbocycles. The van der Waals surface area contributed by atoms with Crippen LogP contribution in [0.1, 0.15) is 22.3 Å². The third-order valence-corrected chi connectivity index (χ3v) is 2.55. The maximum Gasteiger partial charge on any atom is 0.214 e. The molecule has 1 aromatic heterocycles. The van der Waals surface area contributed by atoms with Crippen molar-refractivity contribution in [2.24, 2.45) is 0 Å². The van der Waals surface area contributed by atoms with E-state index in [1.807, 2.05) is 6.07 Å². The number of aromatic nitrogens is 1. The number of pyridine rings is 1. The molecular formula is C16H11N3O. The molecular weight excluding hydrogens is 250 g/mol. The van der Waals surface area contributed by atoms with Crippen LogP contribution < -0.4 is 0 Å². The fourth-order valence-corrected chi connectivity index (χ4v) is 1.56. The molecule has 0 saturated carbocycles. The lowest BCUT2D eigenvalue weighted by atomic mass is 10.1. The molecule has 0 saturated heterocycles. The van der Waals surface area contributed by atoms with Gasteiger partial charge >= 0.3 is 0 Å². The molecule has 0 radical (unpaired) electrons. The van der Waals surface area contributed by atoms with Crippen molar-refractivity contribution in [1.29, 1.82) is 10.7 Å². The highest BCUT2D eigenvalue weighted by Crippen LogP contribution is 2.05. The van der Waals surface area contributed by atoms with Crippen LogP contribution in [-0.2, 0) is 4.74 Å². The Hall–Kier alpha value is -3.11. The van der Waals surface area contributed by atoms with Crippen LogP contribution in [0.4, 0.5) is 0 Å². The zero-order valence-electron chi connectivity index (χ0n) is 10.8. The maximum atomic E-state index is 8.83. The lowest BCUT2D eigenvalue weighted by molar-refractivity contribution is 0.401. The van der Waals surface area contributed by atoms with Crippen molar-refractivity contribution < 1.29 is 4.74 Å². The zero-order chi connectivity index (χ0) is 14.4. The van der Waals surface area contributed by atoms with Crippen LogP contribution in [0.2, 0.25) is 0 Å². The van der Waals surface area contributed by atoms with Gasteiger partial charge in [0.15, 0.2) is 0 Å². The van der Waals surface area contributed by atoms with Gasteiger partial charge in [-0.2, -0.15) is 5.26 Å². The molecule has 0 unspecified atom stereocenters. The zero-order valence-corrected chi connectivity index (χ0v) is 10.8. The first-order valence-electron chi connectivity index (χ1n) is 5.83. The molecule has 96 valence electrons. The fraction of sp³-hybridized carbons (Fsp3) is 0.0625. The van der Waals surface area contributed by atoms with Crippen LogP contribution >= 0.6 is 0 Å². The number of hydrogen-bond acceptors (Lipinski definition) is 4. The third kappa shape index (κ3) is 3.22. The third-order valence-electron chi connectivity index (χ3n) is 2.55. The smallest absolute Gasteiger partial charge is 0.214 e. The highest BCUT2D eigenvalue weighted by Gasteiger charge is 2.01. The first kappa shape index (κ1) is 13.3. The van der Waals surface area contributed by atoms with Crippen molar-refractivity contribution in [3.05, 3.63) is 65.0 Å². The summed E-state index contributed by atoms with van der Waals surface area (Å²) >= 11 is 0. The topological polar surface area (TPSA) is 69.8 Å². The monoisotopic (exact) mass is 261 g/mol. The van der Waals surface area contributed by atoms with Crippen LogP contribution in [0, 0.1) is 28.6 Å². The van der Waals surface area contributed by atoms with Gasteiger partial charge in [0.1, 0.15) is 0 Å². The number of nitrogens with zero attached hydrogens (tertiary/aromatic N) is 2. The number of rotatable bonds is 1. The SMILES string of the molecule is COC(=N)c1cncc(C#Cc2cccc(C#N)c2)c1. The first-order valence-corrected chi connectivity index (χ1v) is 5.83. The molecule has 4 heteroatoms. The van der Waals surface area contributed by atoms with Crippen LogP contribution in [0.3, 0.4) is 0 Å². The van der Waals surface area contributed by atoms with Gasteiger partial charge in [-0.1, -0.05) is 17.9 Å². The number of nitrogens with one attached hydrogen (secondary N) is 1.